The first-order chi connectivity index (χ1) is 8.16. The number of aryl methyl sites for hydroxylation is 1. The molecule has 2 aromatic rings. The van der Waals surface area contributed by atoms with Gasteiger partial charge in [0.2, 0.25) is 0 Å². The molecule has 0 fully saturated rings. The summed E-state index contributed by atoms with van der Waals surface area (Å²) in [6.07, 6.45) is 1.76. The summed E-state index contributed by atoms with van der Waals surface area (Å²) in [4.78, 5) is 0. The van der Waals surface area contributed by atoms with Crippen LogP contribution in [-0.2, 0) is 6.54 Å². The van der Waals surface area contributed by atoms with Crippen molar-refractivity contribution in [2.24, 2.45) is 0 Å². The molecule has 0 aliphatic carbocycles. The van der Waals surface area contributed by atoms with Gasteiger partial charge in [0.25, 0.3) is 0 Å². The summed E-state index contributed by atoms with van der Waals surface area (Å²) in [7, 11) is 0. The molecule has 1 aromatic carbocycles. The van der Waals surface area contributed by atoms with E-state index in [1.54, 1.807) is 6.26 Å². The van der Waals surface area contributed by atoms with E-state index in [-0.39, 0.29) is 0 Å². The zero-order valence-corrected chi connectivity index (χ0v) is 10.7. The fourth-order valence-electron chi connectivity index (χ4n) is 1.76. The van der Waals surface area contributed by atoms with Gasteiger partial charge in [0.1, 0.15) is 5.76 Å². The first kappa shape index (κ1) is 11.9. The third kappa shape index (κ3) is 2.98. The second-order valence-electron chi connectivity index (χ2n) is 4.66. The largest absolute Gasteiger partial charge is 0.467 e. The average Bonchev–Trinajstić information content (AvgIpc) is 2.75. The van der Waals surface area contributed by atoms with Crippen molar-refractivity contribution in [1.82, 2.24) is 5.32 Å². The molecule has 2 nitrogen and oxygen atoms in total. The zero-order chi connectivity index (χ0) is 12.3. The van der Waals surface area contributed by atoms with Crippen LogP contribution < -0.4 is 5.32 Å². The van der Waals surface area contributed by atoms with Gasteiger partial charge in [0, 0.05) is 11.6 Å². The Labute approximate surface area is 103 Å². The fourth-order valence-corrected chi connectivity index (χ4v) is 1.76. The first-order valence-corrected chi connectivity index (χ1v) is 6.03. The van der Waals surface area contributed by atoms with Crippen LogP contribution in [0.1, 0.15) is 25.2 Å². The fraction of sp³-hybridized carbons (Fsp3) is 0.333. The second kappa shape index (κ2) is 5.19. The molecule has 0 radical (unpaired) electrons. The lowest BCUT2D eigenvalue weighted by Crippen LogP contribution is -2.21. The maximum Gasteiger partial charge on any atom is 0.125 e. The van der Waals surface area contributed by atoms with Crippen molar-refractivity contribution < 1.29 is 4.42 Å². The summed E-state index contributed by atoms with van der Waals surface area (Å²) < 4.78 is 5.54. The third-order valence-electron chi connectivity index (χ3n) is 2.78. The highest BCUT2D eigenvalue weighted by molar-refractivity contribution is 5.65. The number of nitrogens with one attached hydrogen (secondary N) is 1. The molecule has 0 spiro atoms. The molecule has 1 N–H and O–H groups in total. The van der Waals surface area contributed by atoms with Crippen molar-refractivity contribution in [2.75, 3.05) is 0 Å². The molecule has 0 aliphatic heterocycles. The van der Waals surface area contributed by atoms with Gasteiger partial charge in [-0.05, 0) is 18.6 Å². The molecule has 0 unspecified atom stereocenters. The molecule has 1 aromatic heterocycles. The Kier molecular flexibility index (Phi) is 3.64. The van der Waals surface area contributed by atoms with Gasteiger partial charge in [-0.2, -0.15) is 0 Å². The third-order valence-corrected chi connectivity index (χ3v) is 2.78. The average molecular weight is 229 g/mol. The highest BCUT2D eigenvalue weighted by atomic mass is 16.3. The van der Waals surface area contributed by atoms with Crippen molar-refractivity contribution >= 4 is 0 Å². The van der Waals surface area contributed by atoms with E-state index in [1.807, 2.05) is 6.07 Å². The minimum atomic E-state index is 0.464. The SMILES string of the molecule is Cc1ccc(-c2ccoc2CNC(C)C)cc1. The van der Waals surface area contributed by atoms with E-state index in [0.29, 0.717) is 6.04 Å². The summed E-state index contributed by atoms with van der Waals surface area (Å²) >= 11 is 0. The molecule has 1 heterocycles. The number of rotatable bonds is 4. The van der Waals surface area contributed by atoms with Gasteiger partial charge in [0.15, 0.2) is 0 Å². The first-order valence-electron chi connectivity index (χ1n) is 6.03. The number of furan rings is 1. The molecule has 0 atom stereocenters. The lowest BCUT2D eigenvalue weighted by molar-refractivity contribution is 0.466. The summed E-state index contributed by atoms with van der Waals surface area (Å²) in [5.74, 6) is 1.00. The molecule has 90 valence electrons. The van der Waals surface area contributed by atoms with Crippen LogP contribution in [0.5, 0.6) is 0 Å². The van der Waals surface area contributed by atoms with Gasteiger partial charge in [-0.3, -0.25) is 0 Å². The highest BCUT2D eigenvalue weighted by Crippen LogP contribution is 2.25. The van der Waals surface area contributed by atoms with Gasteiger partial charge in [0.05, 0.1) is 12.8 Å². The quantitative estimate of drug-likeness (QED) is 0.863. The Morgan fingerprint density at radius 2 is 1.82 bits per heavy atom. The van der Waals surface area contributed by atoms with E-state index in [1.165, 1.54) is 16.7 Å². The monoisotopic (exact) mass is 229 g/mol. The molecule has 17 heavy (non-hydrogen) atoms. The standard InChI is InChI=1S/C15H19NO/c1-11(2)16-10-15-14(8-9-17-15)13-6-4-12(3)5-7-13/h4-9,11,16H,10H2,1-3H3. The molecule has 2 heteroatoms. The molecule has 2 rings (SSSR count). The Balaban J connectivity index is 2.21. The summed E-state index contributed by atoms with van der Waals surface area (Å²) in [6.45, 7) is 7.14. The maximum absolute atomic E-state index is 5.54. The van der Waals surface area contributed by atoms with E-state index < -0.39 is 0 Å². The molecule has 0 saturated heterocycles. The summed E-state index contributed by atoms with van der Waals surface area (Å²) in [5, 5.41) is 3.38. The van der Waals surface area contributed by atoms with E-state index in [2.05, 4.69) is 50.4 Å². The lowest BCUT2D eigenvalue weighted by Gasteiger charge is -2.08. The Hall–Kier alpha value is -1.54. The van der Waals surface area contributed by atoms with Crippen molar-refractivity contribution in [3.8, 4) is 11.1 Å². The van der Waals surface area contributed by atoms with Crippen molar-refractivity contribution in [2.45, 2.75) is 33.4 Å². The van der Waals surface area contributed by atoms with Crippen molar-refractivity contribution in [3.63, 3.8) is 0 Å². The van der Waals surface area contributed by atoms with E-state index in [4.69, 9.17) is 4.42 Å². The van der Waals surface area contributed by atoms with Crippen LogP contribution in [0.2, 0.25) is 0 Å². The zero-order valence-electron chi connectivity index (χ0n) is 10.7. The molecular formula is C15H19NO. The van der Waals surface area contributed by atoms with Gasteiger partial charge in [-0.1, -0.05) is 43.7 Å². The smallest absolute Gasteiger partial charge is 0.125 e. The number of benzene rings is 1. The normalized spacial score (nSPS) is 11.1. The highest BCUT2D eigenvalue weighted by Gasteiger charge is 2.08. The maximum atomic E-state index is 5.54. The van der Waals surface area contributed by atoms with Crippen LogP contribution >= 0.6 is 0 Å². The molecule has 0 aliphatic rings. The van der Waals surface area contributed by atoms with Crippen LogP contribution in [0, 0.1) is 6.92 Å². The number of hydrogen-bond acceptors (Lipinski definition) is 2. The van der Waals surface area contributed by atoms with Gasteiger partial charge >= 0.3 is 0 Å². The van der Waals surface area contributed by atoms with Gasteiger partial charge in [-0.25, -0.2) is 0 Å². The van der Waals surface area contributed by atoms with E-state index >= 15 is 0 Å². The summed E-state index contributed by atoms with van der Waals surface area (Å²) in [5.41, 5.74) is 3.67. The topological polar surface area (TPSA) is 25.2 Å². The predicted molar refractivity (Wildman–Crippen MR) is 70.9 cm³/mol. The Morgan fingerprint density at radius 1 is 1.12 bits per heavy atom. The summed E-state index contributed by atoms with van der Waals surface area (Å²) in [6, 6.07) is 11.0. The van der Waals surface area contributed by atoms with Crippen LogP contribution in [0.15, 0.2) is 41.0 Å². The molecular weight excluding hydrogens is 210 g/mol. The van der Waals surface area contributed by atoms with Crippen LogP contribution in [0.25, 0.3) is 11.1 Å². The number of hydrogen-bond donors (Lipinski definition) is 1. The molecule has 0 bridgehead atoms. The van der Waals surface area contributed by atoms with E-state index in [9.17, 15) is 0 Å². The Morgan fingerprint density at radius 3 is 2.47 bits per heavy atom. The molecule has 0 amide bonds. The predicted octanol–water partition coefficient (Wildman–Crippen LogP) is 3.75. The van der Waals surface area contributed by atoms with Crippen molar-refractivity contribution in [3.05, 3.63) is 47.9 Å². The lowest BCUT2D eigenvalue weighted by atomic mass is 10.0. The van der Waals surface area contributed by atoms with Crippen LogP contribution in [0.4, 0.5) is 0 Å². The van der Waals surface area contributed by atoms with Crippen molar-refractivity contribution in [1.29, 1.82) is 0 Å². The van der Waals surface area contributed by atoms with Crippen LogP contribution in [-0.4, -0.2) is 6.04 Å². The van der Waals surface area contributed by atoms with E-state index in [0.717, 1.165) is 12.3 Å². The minimum Gasteiger partial charge on any atom is -0.467 e. The van der Waals surface area contributed by atoms with Crippen LogP contribution in [0.3, 0.4) is 0 Å². The second-order valence-corrected chi connectivity index (χ2v) is 4.66. The Bertz CT molecular complexity index is 468. The van der Waals surface area contributed by atoms with Gasteiger partial charge in [-0.15, -0.1) is 0 Å². The minimum absolute atomic E-state index is 0.464. The molecule has 0 saturated carbocycles. The van der Waals surface area contributed by atoms with Gasteiger partial charge < -0.3 is 9.73 Å².